The Hall–Kier alpha value is 1.20. The minimum Gasteiger partial charge on any atom is -0.487 e. The van der Waals surface area contributed by atoms with Gasteiger partial charge in [-0.2, -0.15) is 0 Å². The van der Waals surface area contributed by atoms with E-state index in [1.807, 2.05) is 0 Å². The van der Waals surface area contributed by atoms with Gasteiger partial charge in [-0.05, 0) is 49.9 Å². The van der Waals surface area contributed by atoms with E-state index in [2.05, 4.69) is 63.7 Å². The third-order valence-electron chi connectivity index (χ3n) is 6.61. The van der Waals surface area contributed by atoms with Gasteiger partial charge in [0.2, 0.25) is 5.78 Å². The van der Waals surface area contributed by atoms with Gasteiger partial charge in [-0.3, -0.25) is 9.59 Å². The Labute approximate surface area is 243 Å². The van der Waals surface area contributed by atoms with Gasteiger partial charge in [0.15, 0.2) is 0 Å². The number of halogens is 8. The number of aliphatic hydroxyl groups excluding tert-OH is 1. The number of hydrogen-bond acceptors (Lipinski definition) is 4. The van der Waals surface area contributed by atoms with Crippen LogP contribution in [0.4, 0.5) is 0 Å². The molecule has 182 valence electrons. The predicted octanol–water partition coefficient (Wildman–Crippen LogP) is 5.82. The summed E-state index contributed by atoms with van der Waals surface area (Å²) in [6.07, 6.45) is 0.682. The van der Waals surface area contributed by atoms with Crippen LogP contribution in [0.1, 0.15) is 6.42 Å². The number of carboxylic acid groups (broad SMARTS) is 1. The van der Waals surface area contributed by atoms with Crippen LogP contribution in [0.2, 0.25) is 0 Å². The van der Waals surface area contributed by atoms with Crippen molar-refractivity contribution < 1.29 is 24.5 Å². The van der Waals surface area contributed by atoms with Gasteiger partial charge < -0.3 is 14.9 Å². The maximum absolute atomic E-state index is 12.6. The average Bonchev–Trinajstić information content (AvgIpc) is 2.76. The van der Waals surface area contributed by atoms with Gasteiger partial charge in [-0.1, -0.05) is 31.9 Å². The van der Waals surface area contributed by atoms with Crippen molar-refractivity contribution in [1.29, 1.82) is 0 Å². The third-order valence-corrected chi connectivity index (χ3v) is 12.5. The number of aliphatic carboxylic acids is 1. The number of hydrogen-bond donors (Lipinski definition) is 2. The standard InChI is InChI=1S/C20H16Br4Cl4O5/c21-5-1-3-7(8-9(20(31)32)13(26)15(28)14(27)12(8)25)4-2-6(22)17(30)11(24)19(4)33-18(3)10(23)16(5)29/h1,4,6,8-9,11-15,17,19,30H,2H2,(H,31,32). The first-order valence-corrected chi connectivity index (χ1v) is 15.0. The predicted molar refractivity (Wildman–Crippen MR) is 143 cm³/mol. The lowest BCUT2D eigenvalue weighted by atomic mass is 9.64. The van der Waals surface area contributed by atoms with Crippen LogP contribution in [0.3, 0.4) is 0 Å². The Morgan fingerprint density at radius 2 is 1.67 bits per heavy atom. The molecule has 5 nitrogen and oxygen atoms in total. The first kappa shape index (κ1) is 27.2. The summed E-state index contributed by atoms with van der Waals surface area (Å²) in [6, 6.07) is 0. The highest BCUT2D eigenvalue weighted by Crippen LogP contribution is 2.55. The monoisotopic (exact) mass is 792 g/mol. The van der Waals surface area contributed by atoms with Crippen LogP contribution in [0, 0.1) is 17.8 Å². The fraction of sp³-hybridized carbons (Fsp3) is 0.600. The third kappa shape index (κ3) is 4.45. The van der Waals surface area contributed by atoms with Gasteiger partial charge in [-0.25, -0.2) is 0 Å². The number of carbonyl (C=O) groups is 2. The summed E-state index contributed by atoms with van der Waals surface area (Å²) in [4.78, 5) is 24.3. The molecule has 13 heteroatoms. The summed E-state index contributed by atoms with van der Waals surface area (Å²) >= 11 is 40.0. The molecule has 4 rings (SSSR count). The number of Topliss-reactive ketones (excluding diaryl/α,β-unsaturated/α-hetero) is 1. The molecule has 0 aromatic rings. The molecule has 0 bridgehead atoms. The van der Waals surface area contributed by atoms with Crippen LogP contribution in [0.5, 0.6) is 0 Å². The van der Waals surface area contributed by atoms with E-state index in [9.17, 15) is 19.8 Å². The number of allylic oxidation sites excluding steroid dienone is 3. The van der Waals surface area contributed by atoms with Gasteiger partial charge in [0, 0.05) is 22.2 Å². The van der Waals surface area contributed by atoms with Crippen molar-refractivity contribution >= 4 is 122 Å². The molecular weight excluding hydrogens is 782 g/mol. The van der Waals surface area contributed by atoms with Crippen molar-refractivity contribution in [2.24, 2.45) is 17.8 Å². The van der Waals surface area contributed by atoms with E-state index in [0.29, 0.717) is 17.6 Å². The number of carbonyl (C=O) groups excluding carboxylic acids is 1. The second kappa shape index (κ2) is 10.2. The zero-order valence-electron chi connectivity index (χ0n) is 16.3. The number of alkyl halides is 6. The Morgan fingerprint density at radius 3 is 2.27 bits per heavy atom. The Bertz CT molecular complexity index is 988. The normalized spacial score (nSPS) is 45.8. The molecule has 11 unspecified atom stereocenters. The minimum atomic E-state index is -1.14. The highest BCUT2D eigenvalue weighted by molar-refractivity contribution is 9.13. The number of rotatable bonds is 2. The molecule has 11 atom stereocenters. The summed E-state index contributed by atoms with van der Waals surface area (Å²) in [6.45, 7) is 0. The van der Waals surface area contributed by atoms with Gasteiger partial charge in [0.05, 0.1) is 42.8 Å². The van der Waals surface area contributed by atoms with Crippen LogP contribution in [-0.4, -0.2) is 65.3 Å². The lowest BCUT2D eigenvalue weighted by molar-refractivity contribution is -0.144. The molecule has 3 aliphatic carbocycles. The first-order chi connectivity index (χ1) is 15.4. The van der Waals surface area contributed by atoms with E-state index >= 15 is 0 Å². The van der Waals surface area contributed by atoms with Crippen molar-refractivity contribution in [3.63, 3.8) is 0 Å². The van der Waals surface area contributed by atoms with E-state index in [0.717, 1.165) is 0 Å². The number of fused-ring (bicyclic) bond motifs is 2. The quantitative estimate of drug-likeness (QED) is 0.345. The highest BCUT2D eigenvalue weighted by Gasteiger charge is 2.58. The second-order valence-electron chi connectivity index (χ2n) is 8.38. The number of carboxylic acids is 1. The number of aliphatic hydroxyl groups is 1. The van der Waals surface area contributed by atoms with Crippen molar-refractivity contribution in [1.82, 2.24) is 0 Å². The smallest absolute Gasteiger partial charge is 0.308 e. The zero-order chi connectivity index (χ0) is 24.5. The molecule has 2 N–H and O–H groups in total. The topological polar surface area (TPSA) is 83.8 Å². The molecule has 0 amide bonds. The van der Waals surface area contributed by atoms with Gasteiger partial charge in [-0.15, -0.1) is 46.4 Å². The van der Waals surface area contributed by atoms with Crippen LogP contribution in [0.15, 0.2) is 31.9 Å². The molecular formula is C20H16Br4Cl4O5. The average molecular weight is 798 g/mol. The van der Waals surface area contributed by atoms with Crippen molar-refractivity contribution in [2.45, 2.75) is 49.8 Å². The number of ether oxygens (including phenoxy) is 1. The highest BCUT2D eigenvalue weighted by atomic mass is 79.9. The Balaban J connectivity index is 1.99. The summed E-state index contributed by atoms with van der Waals surface area (Å²) in [7, 11) is 0. The SMILES string of the molecule is O=C1C(Br)=CC2=C(C3C(Cl)C(Cl)C(Cl)C(Cl)C3C(=O)O)C3CC(Br)C(O)C(Br)C3OC2=C1Br. The van der Waals surface area contributed by atoms with E-state index in [1.54, 1.807) is 6.08 Å². The molecule has 1 aliphatic heterocycles. The van der Waals surface area contributed by atoms with E-state index in [4.69, 9.17) is 51.1 Å². The molecule has 2 saturated carbocycles. The number of ketones is 1. The van der Waals surface area contributed by atoms with Crippen LogP contribution < -0.4 is 0 Å². The largest absolute Gasteiger partial charge is 0.487 e. The molecule has 33 heavy (non-hydrogen) atoms. The summed E-state index contributed by atoms with van der Waals surface area (Å²) < 4.78 is 6.73. The van der Waals surface area contributed by atoms with Crippen LogP contribution in [-0.2, 0) is 14.3 Å². The van der Waals surface area contributed by atoms with Gasteiger partial charge in [0.25, 0.3) is 0 Å². The maximum Gasteiger partial charge on any atom is 0.308 e. The van der Waals surface area contributed by atoms with E-state index in [-0.39, 0.29) is 31.3 Å². The lowest BCUT2D eigenvalue weighted by Gasteiger charge is -2.51. The van der Waals surface area contributed by atoms with Gasteiger partial charge in [0.1, 0.15) is 16.3 Å². The fourth-order valence-electron chi connectivity index (χ4n) is 5.06. The fourth-order valence-corrected chi connectivity index (χ4v) is 9.90. The molecule has 0 spiro atoms. The summed E-state index contributed by atoms with van der Waals surface area (Å²) in [5.41, 5.74) is 1.23. The molecule has 4 aliphatic rings. The zero-order valence-corrected chi connectivity index (χ0v) is 25.6. The van der Waals surface area contributed by atoms with Gasteiger partial charge >= 0.3 is 5.97 Å². The molecule has 1 heterocycles. The van der Waals surface area contributed by atoms with Crippen molar-refractivity contribution in [2.75, 3.05) is 0 Å². The van der Waals surface area contributed by atoms with E-state index < -0.39 is 56.3 Å². The lowest BCUT2D eigenvalue weighted by Crippen LogP contribution is -2.58. The van der Waals surface area contributed by atoms with Crippen LogP contribution >= 0.6 is 110 Å². The molecule has 0 aromatic heterocycles. The molecule has 0 radical (unpaired) electrons. The Kier molecular flexibility index (Phi) is 8.39. The van der Waals surface area contributed by atoms with Crippen molar-refractivity contribution in [3.05, 3.63) is 31.9 Å². The minimum absolute atomic E-state index is 0.187. The molecule has 2 fully saturated rings. The molecule has 0 aromatic carbocycles. The first-order valence-electron chi connectivity index (χ1n) is 9.86. The van der Waals surface area contributed by atoms with E-state index in [1.165, 1.54) is 0 Å². The second-order valence-corrected chi connectivity index (χ2v) is 14.3. The van der Waals surface area contributed by atoms with Crippen molar-refractivity contribution in [3.8, 4) is 0 Å². The Morgan fingerprint density at radius 1 is 1.06 bits per heavy atom. The summed E-state index contributed by atoms with van der Waals surface area (Å²) in [5.74, 6) is -3.48. The van der Waals surface area contributed by atoms with Crippen LogP contribution in [0.25, 0.3) is 0 Å². The maximum atomic E-state index is 12.6. The molecule has 0 saturated heterocycles. The summed E-state index contributed by atoms with van der Waals surface area (Å²) in [5, 5.41) is 17.3.